The predicted molar refractivity (Wildman–Crippen MR) is 106 cm³/mol. The first-order chi connectivity index (χ1) is 13.6. The first-order valence-corrected chi connectivity index (χ1v) is 9.04. The Morgan fingerprint density at radius 1 is 1.11 bits per heavy atom. The van der Waals surface area contributed by atoms with E-state index in [1.54, 1.807) is 29.1 Å². The molecular formula is C20H24N4O4. The molecule has 1 N–H and O–H groups in total. The van der Waals surface area contributed by atoms with Gasteiger partial charge in [-0.2, -0.15) is 0 Å². The number of aromatic nitrogens is 3. The van der Waals surface area contributed by atoms with Crippen molar-refractivity contribution in [3.05, 3.63) is 42.0 Å². The monoisotopic (exact) mass is 384 g/mol. The Hall–Kier alpha value is -3.29. The third-order valence-electron chi connectivity index (χ3n) is 4.39. The number of carbonyl (C=O) groups excluding carboxylic acids is 1. The summed E-state index contributed by atoms with van der Waals surface area (Å²) in [7, 11) is 4.54. The van der Waals surface area contributed by atoms with E-state index in [0.29, 0.717) is 34.3 Å². The minimum atomic E-state index is -0.304. The van der Waals surface area contributed by atoms with Crippen LogP contribution in [0.15, 0.2) is 30.7 Å². The maximum Gasteiger partial charge on any atom is 0.257 e. The van der Waals surface area contributed by atoms with Crippen molar-refractivity contribution in [1.29, 1.82) is 0 Å². The first kappa shape index (κ1) is 19.5. The molecule has 148 valence electrons. The smallest absolute Gasteiger partial charge is 0.257 e. The summed E-state index contributed by atoms with van der Waals surface area (Å²) in [5.74, 6) is 1.56. The van der Waals surface area contributed by atoms with Gasteiger partial charge >= 0.3 is 0 Å². The van der Waals surface area contributed by atoms with Crippen molar-refractivity contribution < 1.29 is 19.0 Å². The summed E-state index contributed by atoms with van der Waals surface area (Å²) in [5.41, 5.74) is 1.98. The Bertz CT molecular complexity index is 958. The van der Waals surface area contributed by atoms with Crippen LogP contribution in [0.5, 0.6) is 17.2 Å². The van der Waals surface area contributed by atoms with Gasteiger partial charge in [-0.05, 0) is 25.0 Å². The lowest BCUT2D eigenvalue weighted by molar-refractivity contribution is 0.102. The number of anilines is 1. The Morgan fingerprint density at radius 2 is 1.82 bits per heavy atom. The van der Waals surface area contributed by atoms with Crippen molar-refractivity contribution in [3.63, 3.8) is 0 Å². The zero-order valence-corrected chi connectivity index (χ0v) is 16.5. The number of ether oxygens (including phenoxy) is 3. The lowest BCUT2D eigenvalue weighted by Gasteiger charge is -2.15. The molecule has 0 radical (unpaired) electrons. The summed E-state index contributed by atoms with van der Waals surface area (Å²) in [6.45, 7) is 2.13. The molecule has 3 aromatic rings. The van der Waals surface area contributed by atoms with Crippen molar-refractivity contribution in [1.82, 2.24) is 14.4 Å². The van der Waals surface area contributed by atoms with E-state index in [9.17, 15) is 4.79 Å². The second-order valence-corrected chi connectivity index (χ2v) is 6.23. The number of hydrogen-bond acceptors (Lipinski definition) is 6. The normalized spacial score (nSPS) is 10.7. The summed E-state index contributed by atoms with van der Waals surface area (Å²) in [5, 5.41) is 2.94. The van der Waals surface area contributed by atoms with Crippen LogP contribution in [-0.2, 0) is 6.42 Å². The SMILES string of the molecule is CCCCc1cc(NC(=O)c2cc(OC)c(OC)c(OC)c2)n2cncc2n1. The van der Waals surface area contributed by atoms with Crippen LogP contribution in [0.4, 0.5) is 5.82 Å². The van der Waals surface area contributed by atoms with Crippen molar-refractivity contribution >= 4 is 17.4 Å². The van der Waals surface area contributed by atoms with Gasteiger partial charge in [-0.1, -0.05) is 13.3 Å². The summed E-state index contributed by atoms with van der Waals surface area (Å²) >= 11 is 0. The standard InChI is InChI=1S/C20H24N4O4/c1-5-6-7-14-10-17(24-12-21-11-18(24)22-14)23-20(25)13-8-15(26-2)19(28-4)16(9-13)27-3/h8-12H,5-7H2,1-4H3,(H,23,25). The molecule has 8 nitrogen and oxygen atoms in total. The highest BCUT2D eigenvalue weighted by atomic mass is 16.5. The number of imidazole rings is 1. The highest BCUT2D eigenvalue weighted by molar-refractivity contribution is 6.04. The van der Waals surface area contributed by atoms with Gasteiger partial charge in [0.15, 0.2) is 17.1 Å². The van der Waals surface area contributed by atoms with Crippen LogP contribution < -0.4 is 19.5 Å². The van der Waals surface area contributed by atoms with E-state index in [1.165, 1.54) is 21.3 Å². The lowest BCUT2D eigenvalue weighted by atomic mass is 10.1. The van der Waals surface area contributed by atoms with Gasteiger partial charge in [0.25, 0.3) is 5.91 Å². The van der Waals surface area contributed by atoms with Gasteiger partial charge in [-0.15, -0.1) is 0 Å². The fourth-order valence-corrected chi connectivity index (χ4v) is 2.95. The van der Waals surface area contributed by atoms with Gasteiger partial charge in [0, 0.05) is 17.3 Å². The highest BCUT2D eigenvalue weighted by Gasteiger charge is 2.18. The number of amides is 1. The van der Waals surface area contributed by atoms with Crippen LogP contribution >= 0.6 is 0 Å². The number of nitrogens with one attached hydrogen (secondary N) is 1. The van der Waals surface area contributed by atoms with Gasteiger partial charge in [0.05, 0.1) is 27.5 Å². The predicted octanol–water partition coefficient (Wildman–Crippen LogP) is 3.35. The van der Waals surface area contributed by atoms with E-state index in [0.717, 1.165) is 25.0 Å². The molecule has 28 heavy (non-hydrogen) atoms. The van der Waals surface area contributed by atoms with Crippen molar-refractivity contribution in [2.75, 3.05) is 26.6 Å². The fraction of sp³-hybridized carbons (Fsp3) is 0.350. The van der Waals surface area contributed by atoms with E-state index in [1.807, 2.05) is 6.07 Å². The largest absolute Gasteiger partial charge is 0.493 e. The number of aryl methyl sites for hydroxylation is 1. The van der Waals surface area contributed by atoms with Crippen LogP contribution in [0.25, 0.3) is 5.65 Å². The van der Waals surface area contributed by atoms with E-state index in [2.05, 4.69) is 22.2 Å². The molecule has 0 saturated carbocycles. The number of methoxy groups -OCH3 is 3. The number of nitrogens with zero attached hydrogens (tertiary/aromatic N) is 3. The lowest BCUT2D eigenvalue weighted by Crippen LogP contribution is -2.15. The van der Waals surface area contributed by atoms with Crippen LogP contribution in [-0.4, -0.2) is 41.6 Å². The zero-order valence-electron chi connectivity index (χ0n) is 16.5. The van der Waals surface area contributed by atoms with Gasteiger partial charge in [-0.3, -0.25) is 9.20 Å². The highest BCUT2D eigenvalue weighted by Crippen LogP contribution is 2.38. The summed E-state index contributed by atoms with van der Waals surface area (Å²) < 4.78 is 17.7. The number of carbonyl (C=O) groups is 1. The van der Waals surface area contributed by atoms with Gasteiger partial charge in [-0.25, -0.2) is 9.97 Å². The molecule has 0 bridgehead atoms. The molecule has 0 saturated heterocycles. The summed E-state index contributed by atoms with van der Waals surface area (Å²) in [4.78, 5) is 21.6. The minimum Gasteiger partial charge on any atom is -0.493 e. The summed E-state index contributed by atoms with van der Waals surface area (Å²) in [6.07, 6.45) is 6.23. The molecule has 2 heterocycles. The second-order valence-electron chi connectivity index (χ2n) is 6.23. The van der Waals surface area contributed by atoms with E-state index < -0.39 is 0 Å². The number of rotatable bonds is 8. The maximum atomic E-state index is 12.9. The molecular weight excluding hydrogens is 360 g/mol. The van der Waals surface area contributed by atoms with Crippen LogP contribution in [0.1, 0.15) is 35.8 Å². The number of benzene rings is 1. The third kappa shape index (κ3) is 3.85. The van der Waals surface area contributed by atoms with Crippen LogP contribution in [0.3, 0.4) is 0 Å². The average Bonchev–Trinajstić information content (AvgIpc) is 3.19. The van der Waals surface area contributed by atoms with Crippen molar-refractivity contribution in [2.24, 2.45) is 0 Å². The number of hydrogen-bond donors (Lipinski definition) is 1. The van der Waals surface area contributed by atoms with Crippen molar-refractivity contribution in [3.8, 4) is 17.2 Å². The Kier molecular flexibility index (Phi) is 5.98. The zero-order chi connectivity index (χ0) is 20.1. The molecule has 1 amide bonds. The topological polar surface area (TPSA) is 87.0 Å². The molecule has 0 atom stereocenters. The molecule has 0 unspecified atom stereocenters. The Labute approximate surface area is 163 Å². The molecule has 8 heteroatoms. The number of unbranched alkanes of at least 4 members (excludes halogenated alkanes) is 1. The minimum absolute atomic E-state index is 0.304. The van der Waals surface area contributed by atoms with Crippen molar-refractivity contribution in [2.45, 2.75) is 26.2 Å². The molecule has 0 aliphatic heterocycles. The molecule has 0 aliphatic rings. The third-order valence-corrected chi connectivity index (χ3v) is 4.39. The number of fused-ring (bicyclic) bond motifs is 1. The fourth-order valence-electron chi connectivity index (χ4n) is 2.95. The maximum absolute atomic E-state index is 12.9. The van der Waals surface area contributed by atoms with Gasteiger partial charge in [0.1, 0.15) is 12.1 Å². The molecule has 3 rings (SSSR count). The average molecular weight is 384 g/mol. The quantitative estimate of drug-likeness (QED) is 0.641. The second kappa shape index (κ2) is 8.60. The molecule has 2 aromatic heterocycles. The van der Waals surface area contributed by atoms with Crippen LogP contribution in [0, 0.1) is 0 Å². The van der Waals surface area contributed by atoms with Gasteiger partial charge < -0.3 is 19.5 Å². The summed E-state index contributed by atoms with van der Waals surface area (Å²) in [6, 6.07) is 5.10. The van der Waals surface area contributed by atoms with Crippen LogP contribution in [0.2, 0.25) is 0 Å². The molecule has 0 fully saturated rings. The van der Waals surface area contributed by atoms with E-state index >= 15 is 0 Å². The van der Waals surface area contributed by atoms with E-state index in [-0.39, 0.29) is 5.91 Å². The molecule has 0 aliphatic carbocycles. The first-order valence-electron chi connectivity index (χ1n) is 9.04. The van der Waals surface area contributed by atoms with Gasteiger partial charge in [0.2, 0.25) is 5.75 Å². The van der Waals surface area contributed by atoms with E-state index in [4.69, 9.17) is 14.2 Å². The molecule has 0 spiro atoms. The molecule has 1 aromatic carbocycles. The Balaban J connectivity index is 1.96. The Morgan fingerprint density at radius 3 is 2.43 bits per heavy atom.